The normalized spacial score (nSPS) is 15.5. The molecule has 0 heterocycles. The predicted octanol–water partition coefficient (Wildman–Crippen LogP) is 11.1. The monoisotopic (exact) mass is 655 g/mol. The van der Waals surface area contributed by atoms with E-state index in [0.717, 1.165) is 0 Å². The molecule has 0 unspecified atom stereocenters. The first-order chi connectivity index (χ1) is 17.8. The third-order valence-electron chi connectivity index (χ3n) is 6.42. The van der Waals surface area contributed by atoms with Gasteiger partial charge in [-0.3, -0.25) is 35.1 Å². The maximum Gasteiger partial charge on any atom is 0.389 e. The second-order valence-corrected chi connectivity index (χ2v) is 9.79. The summed E-state index contributed by atoms with van der Waals surface area (Å²) >= 11 is 0. The Hall–Kier alpha value is -1.34. The molecular weight excluding hydrogens is 631 g/mol. The SMILES string of the molecule is FC(F)(F)CCCC(F)(F)[B-](C(F)(F)CCCC(F)(F)F)(C(F)(F)CCCC(F)(F)F)C(F)(F)CCCC(F)(F)F. The molecule has 0 nitrogen and oxygen atoms in total. The third kappa shape index (κ3) is 11.7. The molecule has 0 amide bonds. The molecule has 0 bridgehead atoms. The fraction of sp³-hybridized carbons (Fsp3) is 1.00. The fourth-order valence-electron chi connectivity index (χ4n) is 4.82. The summed E-state index contributed by atoms with van der Waals surface area (Å²) in [5.41, 5.74) is 0. The van der Waals surface area contributed by atoms with E-state index >= 15 is 35.1 Å². The van der Waals surface area contributed by atoms with Crippen LogP contribution in [0.5, 0.6) is 0 Å². The van der Waals surface area contributed by atoms with E-state index in [1.807, 2.05) is 0 Å². The van der Waals surface area contributed by atoms with Crippen molar-refractivity contribution in [2.45, 2.75) is 125 Å². The van der Waals surface area contributed by atoms with Crippen molar-refractivity contribution in [2.24, 2.45) is 0 Å². The van der Waals surface area contributed by atoms with Crippen LogP contribution < -0.4 is 0 Å². The molecule has 41 heavy (non-hydrogen) atoms. The summed E-state index contributed by atoms with van der Waals surface area (Å²) in [4.78, 5) is 0. The lowest BCUT2D eigenvalue weighted by atomic mass is 9.09. The Balaban J connectivity index is 7.17. The number of hydrogen-bond acceptors (Lipinski definition) is 0. The summed E-state index contributed by atoms with van der Waals surface area (Å²) in [5.74, 6) is -25.2. The minimum Gasteiger partial charge on any atom is -0.251 e. The van der Waals surface area contributed by atoms with E-state index in [1.54, 1.807) is 0 Å². The minimum atomic E-state index is -7.64. The zero-order valence-corrected chi connectivity index (χ0v) is 20.6. The van der Waals surface area contributed by atoms with Gasteiger partial charge in [-0.15, -0.1) is 0 Å². The van der Waals surface area contributed by atoms with Crippen LogP contribution >= 0.6 is 0 Å². The van der Waals surface area contributed by atoms with Crippen molar-refractivity contribution in [1.82, 2.24) is 0 Å². The Bertz CT molecular complexity index is 655. The molecule has 0 aromatic rings. The lowest BCUT2D eigenvalue weighted by Gasteiger charge is -2.58. The summed E-state index contributed by atoms with van der Waals surface area (Å²) in [6, 6.07) is 0. The standard InChI is InChI=1S/C20H24BF20/c22-13(23,5-1-9-17(30,31)32)21(14(24,25)6-2-10-18(33,34)35,15(26,27)7-3-11-19(36,37)38)16(28,29)8-4-12-20(39,40)41/h1-12H2/q-1. The van der Waals surface area contributed by atoms with Crippen molar-refractivity contribution in [1.29, 1.82) is 0 Å². The molecular formula is C20H24BF20-. The van der Waals surface area contributed by atoms with Gasteiger partial charge in [0.25, 0.3) is 0 Å². The molecule has 0 atom stereocenters. The summed E-state index contributed by atoms with van der Waals surface area (Å²) < 4.78 is 272. The van der Waals surface area contributed by atoms with Gasteiger partial charge in [-0.1, -0.05) is 0 Å². The number of rotatable bonds is 16. The largest absolute Gasteiger partial charge is 0.389 e. The Morgan fingerprint density at radius 1 is 0.244 bits per heavy atom. The third-order valence-corrected chi connectivity index (χ3v) is 6.42. The summed E-state index contributed by atoms with van der Waals surface area (Å²) in [5, 5.41) is 0. The molecule has 0 saturated carbocycles. The number of alkyl halides is 20. The minimum absolute atomic E-state index is 2.07. The molecule has 0 aromatic heterocycles. The van der Waals surface area contributed by atoms with Crippen molar-refractivity contribution in [3.63, 3.8) is 0 Å². The molecule has 0 fully saturated rings. The van der Waals surface area contributed by atoms with Gasteiger partial charge in [0.2, 0.25) is 0 Å². The fourth-order valence-corrected chi connectivity index (χ4v) is 4.82. The van der Waals surface area contributed by atoms with E-state index in [9.17, 15) is 52.7 Å². The molecule has 21 heteroatoms. The zero-order valence-electron chi connectivity index (χ0n) is 20.6. The van der Waals surface area contributed by atoms with Crippen LogP contribution in [0.3, 0.4) is 0 Å². The maximum atomic E-state index is 15.3. The molecule has 0 aliphatic rings. The van der Waals surface area contributed by atoms with Crippen LogP contribution in [0, 0.1) is 0 Å². The van der Waals surface area contributed by atoms with Crippen molar-refractivity contribution < 1.29 is 87.8 Å². The van der Waals surface area contributed by atoms with Crippen molar-refractivity contribution in [3.8, 4) is 0 Å². The van der Waals surface area contributed by atoms with E-state index in [-0.39, 0.29) is 0 Å². The van der Waals surface area contributed by atoms with Crippen LogP contribution in [0.4, 0.5) is 87.8 Å². The molecule has 0 aliphatic carbocycles. The maximum absolute atomic E-state index is 15.3. The lowest BCUT2D eigenvalue weighted by Crippen LogP contribution is -2.83. The quantitative estimate of drug-likeness (QED) is 0.115. The highest BCUT2D eigenvalue weighted by Crippen LogP contribution is 2.61. The molecule has 0 aliphatic heterocycles. The number of hydrogen-bond donors (Lipinski definition) is 0. The lowest BCUT2D eigenvalue weighted by molar-refractivity contribution is -0.141. The van der Waals surface area contributed by atoms with Gasteiger partial charge in [0, 0.05) is 25.7 Å². The molecule has 0 N–H and O–H groups in total. The van der Waals surface area contributed by atoms with Gasteiger partial charge in [0.15, 0.2) is 0 Å². The van der Waals surface area contributed by atoms with Gasteiger partial charge < -0.3 is 0 Å². The molecule has 0 spiro atoms. The van der Waals surface area contributed by atoms with E-state index < -0.39 is 131 Å². The summed E-state index contributed by atoms with van der Waals surface area (Å²) in [6.45, 7) is 0. The van der Waals surface area contributed by atoms with Crippen LogP contribution in [0.25, 0.3) is 0 Å². The van der Waals surface area contributed by atoms with Gasteiger partial charge in [0.05, 0.1) is 0 Å². The average Bonchev–Trinajstić information content (AvgIpc) is 2.61. The van der Waals surface area contributed by atoms with Crippen LogP contribution in [-0.2, 0) is 0 Å². The van der Waals surface area contributed by atoms with Gasteiger partial charge in [-0.05, 0) is 51.4 Å². The Labute approximate surface area is 220 Å². The topological polar surface area (TPSA) is 0 Å². The van der Waals surface area contributed by atoms with Gasteiger partial charge in [-0.2, -0.15) is 52.7 Å². The Morgan fingerprint density at radius 2 is 0.390 bits per heavy atom. The first-order valence-corrected chi connectivity index (χ1v) is 11.8. The highest BCUT2D eigenvalue weighted by Gasteiger charge is 2.82. The van der Waals surface area contributed by atoms with E-state index in [0.29, 0.717) is 0 Å². The first kappa shape index (κ1) is 39.7. The van der Waals surface area contributed by atoms with Crippen molar-refractivity contribution >= 4 is 6.15 Å². The number of halogens is 20. The molecule has 248 valence electrons. The van der Waals surface area contributed by atoms with Gasteiger partial charge in [-0.25, -0.2) is 0 Å². The highest BCUT2D eigenvalue weighted by atomic mass is 19.4. The van der Waals surface area contributed by atoms with E-state index in [2.05, 4.69) is 0 Å². The Kier molecular flexibility index (Phi) is 12.7. The average molecular weight is 655 g/mol. The molecule has 0 saturated heterocycles. The first-order valence-electron chi connectivity index (χ1n) is 11.8. The highest BCUT2D eigenvalue weighted by molar-refractivity contribution is 6.88. The second kappa shape index (κ2) is 13.1. The molecule has 0 aromatic carbocycles. The summed E-state index contributed by atoms with van der Waals surface area (Å²) in [7, 11) is 0. The van der Waals surface area contributed by atoms with Crippen molar-refractivity contribution in [3.05, 3.63) is 0 Å². The van der Waals surface area contributed by atoms with Crippen LogP contribution in [0.1, 0.15) is 77.0 Å². The van der Waals surface area contributed by atoms with Crippen LogP contribution in [-0.4, -0.2) is 54.1 Å². The van der Waals surface area contributed by atoms with Crippen molar-refractivity contribution in [2.75, 3.05) is 0 Å². The molecule has 0 radical (unpaired) electrons. The van der Waals surface area contributed by atoms with Gasteiger partial charge >= 0.3 is 30.9 Å². The van der Waals surface area contributed by atoms with Crippen LogP contribution in [0.2, 0.25) is 0 Å². The van der Waals surface area contributed by atoms with Crippen LogP contribution in [0.15, 0.2) is 0 Å². The van der Waals surface area contributed by atoms with E-state index in [4.69, 9.17) is 0 Å². The van der Waals surface area contributed by atoms with E-state index in [1.165, 1.54) is 0 Å². The smallest absolute Gasteiger partial charge is 0.251 e. The zero-order chi connectivity index (χ0) is 33.0. The second-order valence-electron chi connectivity index (χ2n) is 9.79. The van der Waals surface area contributed by atoms with Gasteiger partial charge in [0.1, 0.15) is 23.3 Å². The molecule has 0 rings (SSSR count). The Morgan fingerprint density at radius 3 is 0.512 bits per heavy atom. The predicted molar refractivity (Wildman–Crippen MR) is 105 cm³/mol. The summed E-state index contributed by atoms with van der Waals surface area (Å²) in [6.07, 6.45) is -58.0.